The summed E-state index contributed by atoms with van der Waals surface area (Å²) in [6.07, 6.45) is 4.78. The van der Waals surface area contributed by atoms with Crippen molar-refractivity contribution < 1.29 is 19.4 Å². The highest BCUT2D eigenvalue weighted by atomic mass is 16.5. The normalized spacial score (nSPS) is 26.3. The second-order valence-electron chi connectivity index (χ2n) is 27.1. The summed E-state index contributed by atoms with van der Waals surface area (Å²) in [6.45, 7) is 2.84. The third-order valence-electron chi connectivity index (χ3n) is 26.8. The summed E-state index contributed by atoms with van der Waals surface area (Å²) < 4.78 is 6.66. The van der Waals surface area contributed by atoms with Crippen LogP contribution in [0, 0.1) is 11.8 Å². The van der Waals surface area contributed by atoms with Gasteiger partial charge in [-0.1, -0.05) is 19.1 Å². The molecule has 0 fully saturated rings. The van der Waals surface area contributed by atoms with Crippen molar-refractivity contribution >= 4 is 270 Å². The highest BCUT2D eigenvalue weighted by Crippen LogP contribution is 2.87. The number of rotatable bonds is 5. The first-order chi connectivity index (χ1) is 36.6. The maximum Gasteiger partial charge on any atom is 0.306 e. The minimum atomic E-state index is -0.959. The summed E-state index contributed by atoms with van der Waals surface area (Å²) in [6, 6.07) is 0. The standard InChI is InChI=1S/C70H16O4/c1-7-2-3-8(6-74-10(73)5-4-9(71)72)70-67-61-55-45-37-27-19-15-12-11-13-17(19)25-33(27)47(55)53-43-35(25)29-21(13)22-14(11)18-20-16(12)24-23(15)31(37)41-42-32(24)38-28(20)34-26(18)36-30(22)40-39(29)49(43)57-58-50(40)44(36)54-48(34)56-46(38)52(42)64(63(67)51(41)45)68(70)62(56)60(54)66(58)69(7,70)65(57)59(53)61/h2-3,7-8,21,29H,4-6H2,1H3,(H,71,72). The van der Waals surface area contributed by atoms with Crippen molar-refractivity contribution in [3.05, 3.63) is 56.7 Å². The number of hydrogen-bond acceptors (Lipinski definition) is 3. The van der Waals surface area contributed by atoms with E-state index in [4.69, 9.17) is 4.74 Å². The van der Waals surface area contributed by atoms with E-state index in [1.54, 1.807) is 303 Å². The Morgan fingerprint density at radius 3 is 0.905 bits per heavy atom. The molecule has 0 saturated carbocycles. The van der Waals surface area contributed by atoms with Gasteiger partial charge in [0.1, 0.15) is 0 Å². The van der Waals surface area contributed by atoms with Crippen molar-refractivity contribution in [1.29, 1.82) is 0 Å². The third-order valence-corrected chi connectivity index (χ3v) is 26.8. The maximum absolute atomic E-state index is 14.1. The molecule has 0 amide bonds. The molecular weight excluding hydrogens is 905 g/mol. The van der Waals surface area contributed by atoms with Gasteiger partial charge in [-0.05, 0) is 309 Å². The Kier molecular flexibility index (Phi) is 2.67. The largest absolute Gasteiger partial charge is 0.481 e. The van der Waals surface area contributed by atoms with E-state index >= 15 is 0 Å². The first kappa shape index (κ1) is 29.2. The number of aliphatic carboxylic acids is 1. The van der Waals surface area contributed by atoms with Crippen LogP contribution >= 0.6 is 0 Å². The average Bonchev–Trinajstić information content (AvgIpc) is 3.72. The van der Waals surface area contributed by atoms with Gasteiger partial charge in [0.2, 0.25) is 0 Å². The molecule has 0 aliphatic heterocycles. The summed E-state index contributed by atoms with van der Waals surface area (Å²) in [5.41, 5.74) is 12.2. The SMILES string of the molecule is CC1C=CC(COC(=O)CCC(=O)O)C23c4c5c6c7c8c9c%10c%11c%12c%13c%14c%15c%16c%17c%18c(c9c6c6c%18c9c%17c%17c%15c%15c%18c%14c%14c%12c%12c%11c8c(c8c%11c2c2c4c4c(c56)c9c5c4c4c2c2c%11c(c8%12)c%14c%18c2c4c%15c%175)C713)C%10C%13%16. The summed E-state index contributed by atoms with van der Waals surface area (Å²) in [5.74, 6) is -0.758. The molecule has 33 rings (SSSR count). The van der Waals surface area contributed by atoms with E-state index in [9.17, 15) is 14.7 Å². The molecule has 4 nitrogen and oxygen atoms in total. The van der Waals surface area contributed by atoms with Gasteiger partial charge in [0, 0.05) is 28.6 Å². The Morgan fingerprint density at radius 1 is 0.351 bits per heavy atom. The molecule has 0 radical (unpaired) electrons. The molecule has 6 unspecified atom stereocenters. The number of hydrogen-bond donors (Lipinski definition) is 1. The minimum Gasteiger partial charge on any atom is -0.481 e. The fourth-order valence-electron chi connectivity index (χ4n) is 26.7. The summed E-state index contributed by atoms with van der Waals surface area (Å²) in [7, 11) is 0. The Morgan fingerprint density at radius 2 is 0.595 bits per heavy atom. The van der Waals surface area contributed by atoms with Crippen LogP contribution in [0.3, 0.4) is 0 Å². The Labute approximate surface area is 405 Å². The molecule has 9 aliphatic carbocycles. The topological polar surface area (TPSA) is 63.6 Å². The van der Waals surface area contributed by atoms with Crippen LogP contribution in [0.2, 0.25) is 0 Å². The van der Waals surface area contributed by atoms with E-state index in [0.717, 1.165) is 0 Å². The molecule has 2 spiro atoms. The average molecular weight is 921 g/mol. The van der Waals surface area contributed by atoms with Crippen LogP contribution in [0.15, 0.2) is 12.2 Å². The lowest BCUT2D eigenvalue weighted by molar-refractivity contribution is -0.149. The van der Waals surface area contributed by atoms with Gasteiger partial charge in [-0.2, -0.15) is 0 Å². The molecule has 9 aliphatic rings. The molecule has 24 aromatic rings. The zero-order valence-corrected chi connectivity index (χ0v) is 38.3. The van der Waals surface area contributed by atoms with Crippen LogP contribution in [-0.4, -0.2) is 23.7 Å². The number of carbonyl (C=O) groups excluding carboxylic acids is 1. The van der Waals surface area contributed by atoms with Gasteiger partial charge in [-0.25, -0.2) is 0 Å². The molecule has 74 heavy (non-hydrogen) atoms. The monoisotopic (exact) mass is 920 g/mol. The van der Waals surface area contributed by atoms with Crippen molar-refractivity contribution in [2.24, 2.45) is 11.8 Å². The zero-order valence-electron chi connectivity index (χ0n) is 38.3. The second-order valence-corrected chi connectivity index (χ2v) is 27.1. The van der Waals surface area contributed by atoms with Gasteiger partial charge in [0.25, 0.3) is 0 Å². The second kappa shape index (κ2) is 6.78. The third kappa shape index (κ3) is 1.61. The van der Waals surface area contributed by atoms with E-state index in [1.807, 2.05) is 0 Å². The minimum absolute atomic E-state index is 0.115. The number of carbonyl (C=O) groups is 2. The Balaban J connectivity index is 1.08. The number of ether oxygens (including phenoxy) is 1. The van der Waals surface area contributed by atoms with Crippen LogP contribution < -0.4 is 0 Å². The van der Waals surface area contributed by atoms with Crippen LogP contribution in [0.5, 0.6) is 0 Å². The molecule has 6 atom stereocenters. The molecule has 24 aromatic carbocycles. The van der Waals surface area contributed by atoms with Crippen molar-refractivity contribution in [1.82, 2.24) is 0 Å². The molecule has 0 saturated heterocycles. The molecule has 320 valence electrons. The van der Waals surface area contributed by atoms with Crippen molar-refractivity contribution in [3.8, 4) is 0 Å². The predicted octanol–water partition coefficient (Wildman–Crippen LogP) is 16.8. The lowest BCUT2D eigenvalue weighted by atomic mass is 9.40. The van der Waals surface area contributed by atoms with E-state index in [0.29, 0.717) is 11.8 Å². The van der Waals surface area contributed by atoms with Gasteiger partial charge in [0.15, 0.2) is 0 Å². The molecule has 0 bridgehead atoms. The molecule has 0 aromatic heterocycles. The lowest BCUT2D eigenvalue weighted by Crippen LogP contribution is -2.61. The van der Waals surface area contributed by atoms with E-state index in [1.165, 1.54) is 0 Å². The highest BCUT2D eigenvalue weighted by Gasteiger charge is 2.74. The molecule has 4 heteroatoms. The van der Waals surface area contributed by atoms with Crippen LogP contribution in [0.25, 0.3) is 259 Å². The summed E-state index contributed by atoms with van der Waals surface area (Å²) in [5, 5.41) is 86.7. The van der Waals surface area contributed by atoms with E-state index in [-0.39, 0.29) is 31.3 Å². The molecular formula is C70H16O4. The Hall–Kier alpha value is -8.60. The van der Waals surface area contributed by atoms with Crippen molar-refractivity contribution in [2.45, 2.75) is 42.4 Å². The van der Waals surface area contributed by atoms with Crippen LogP contribution in [0.1, 0.15) is 76.1 Å². The number of allylic oxidation sites excluding steroid dienone is 1. The predicted molar refractivity (Wildman–Crippen MR) is 299 cm³/mol. The van der Waals surface area contributed by atoms with E-state index in [2.05, 4.69) is 19.1 Å². The van der Waals surface area contributed by atoms with Gasteiger partial charge < -0.3 is 9.84 Å². The zero-order chi connectivity index (χ0) is 45.0. The molecule has 1 N–H and O–H groups in total. The fourth-order valence-corrected chi connectivity index (χ4v) is 26.7. The number of esters is 1. The first-order valence-corrected chi connectivity index (χ1v) is 27.6. The lowest BCUT2D eigenvalue weighted by Gasteiger charge is -2.61. The first-order valence-electron chi connectivity index (χ1n) is 27.6. The number of carboxylic acids is 1. The number of benzene rings is 16. The summed E-state index contributed by atoms with van der Waals surface area (Å²) in [4.78, 5) is 26.1. The van der Waals surface area contributed by atoms with Crippen molar-refractivity contribution in [3.63, 3.8) is 0 Å². The maximum atomic E-state index is 14.1. The van der Waals surface area contributed by atoms with Gasteiger partial charge in [0.05, 0.1) is 19.4 Å². The van der Waals surface area contributed by atoms with E-state index < -0.39 is 22.8 Å². The number of carboxylic acid groups (broad SMARTS) is 1. The quantitative estimate of drug-likeness (QED) is 0.106. The Bertz CT molecular complexity index is 7390. The summed E-state index contributed by atoms with van der Waals surface area (Å²) >= 11 is 0. The molecule has 0 heterocycles. The van der Waals surface area contributed by atoms with Crippen LogP contribution in [0.4, 0.5) is 0 Å². The highest BCUT2D eigenvalue weighted by molar-refractivity contribution is 6.78. The van der Waals surface area contributed by atoms with Gasteiger partial charge in [-0.3, -0.25) is 9.59 Å². The van der Waals surface area contributed by atoms with Gasteiger partial charge >= 0.3 is 11.9 Å². The van der Waals surface area contributed by atoms with Gasteiger partial charge in [-0.15, -0.1) is 0 Å². The van der Waals surface area contributed by atoms with Crippen molar-refractivity contribution in [2.75, 3.05) is 6.61 Å². The van der Waals surface area contributed by atoms with Crippen LogP contribution in [-0.2, 0) is 25.2 Å². The smallest absolute Gasteiger partial charge is 0.306 e. The fraction of sp³-hybridized carbons (Fsp3) is 0.143.